The Labute approximate surface area is 101 Å². The molecule has 0 bridgehead atoms. The number of rotatable bonds is 4. The number of hydrogen-bond acceptors (Lipinski definition) is 3. The van der Waals surface area contributed by atoms with Gasteiger partial charge in [-0.1, -0.05) is 12.1 Å². The fourth-order valence-electron chi connectivity index (χ4n) is 2.26. The van der Waals surface area contributed by atoms with Crippen LogP contribution in [-0.4, -0.2) is 10.5 Å². The van der Waals surface area contributed by atoms with Crippen molar-refractivity contribution >= 4 is 11.4 Å². The predicted octanol–water partition coefficient (Wildman–Crippen LogP) is 3.50. The Bertz CT molecular complexity index is 451. The van der Waals surface area contributed by atoms with Crippen molar-refractivity contribution in [1.29, 1.82) is 0 Å². The molecule has 1 aliphatic carbocycles. The first-order valence-corrected chi connectivity index (χ1v) is 5.94. The lowest BCUT2D eigenvalue weighted by atomic mass is 9.97. The SMILES string of the molecule is Cc1cccc(NC(C)(C)C2CC2)c1[N+](=O)[O-]. The zero-order valence-electron chi connectivity index (χ0n) is 10.5. The number of aryl methyl sites for hydroxylation is 1. The number of nitro benzene ring substituents is 1. The van der Waals surface area contributed by atoms with Crippen LogP contribution in [-0.2, 0) is 0 Å². The molecule has 0 aliphatic heterocycles. The molecule has 1 fully saturated rings. The van der Waals surface area contributed by atoms with Crippen LogP contribution in [0.4, 0.5) is 11.4 Å². The van der Waals surface area contributed by atoms with Gasteiger partial charge in [-0.3, -0.25) is 10.1 Å². The van der Waals surface area contributed by atoms with Crippen LogP contribution in [0.1, 0.15) is 32.3 Å². The molecule has 1 aromatic carbocycles. The van der Waals surface area contributed by atoms with E-state index < -0.39 is 0 Å². The number of anilines is 1. The molecule has 92 valence electrons. The van der Waals surface area contributed by atoms with Crippen LogP contribution in [0.5, 0.6) is 0 Å². The lowest BCUT2D eigenvalue weighted by Crippen LogP contribution is -2.33. The van der Waals surface area contributed by atoms with Gasteiger partial charge in [-0.25, -0.2) is 0 Å². The molecule has 1 aromatic rings. The maximum absolute atomic E-state index is 11.1. The van der Waals surface area contributed by atoms with Crippen molar-refractivity contribution in [3.63, 3.8) is 0 Å². The van der Waals surface area contributed by atoms with Crippen LogP contribution in [0.3, 0.4) is 0 Å². The first-order chi connectivity index (χ1) is 7.92. The second-order valence-electron chi connectivity index (χ2n) is 5.35. The highest BCUT2D eigenvalue weighted by Gasteiger charge is 2.38. The van der Waals surface area contributed by atoms with E-state index in [1.165, 1.54) is 12.8 Å². The van der Waals surface area contributed by atoms with Gasteiger partial charge in [-0.15, -0.1) is 0 Å². The van der Waals surface area contributed by atoms with Gasteiger partial charge in [-0.05, 0) is 45.6 Å². The average Bonchev–Trinajstić information content (AvgIpc) is 2.98. The summed E-state index contributed by atoms with van der Waals surface area (Å²) in [6, 6.07) is 5.41. The largest absolute Gasteiger partial charge is 0.374 e. The monoisotopic (exact) mass is 234 g/mol. The molecule has 4 heteroatoms. The second kappa shape index (κ2) is 4.02. The molecule has 0 radical (unpaired) electrons. The fraction of sp³-hybridized carbons (Fsp3) is 0.538. The van der Waals surface area contributed by atoms with Crippen LogP contribution in [0.25, 0.3) is 0 Å². The minimum atomic E-state index is -0.305. The highest BCUT2D eigenvalue weighted by atomic mass is 16.6. The summed E-state index contributed by atoms with van der Waals surface area (Å²) in [4.78, 5) is 10.8. The van der Waals surface area contributed by atoms with E-state index in [4.69, 9.17) is 0 Å². The summed E-state index contributed by atoms with van der Waals surface area (Å²) in [6.07, 6.45) is 2.42. The summed E-state index contributed by atoms with van der Waals surface area (Å²) in [5.41, 5.74) is 1.46. The van der Waals surface area contributed by atoms with E-state index in [1.807, 2.05) is 6.07 Å². The summed E-state index contributed by atoms with van der Waals surface area (Å²) in [6.45, 7) is 5.99. The maximum atomic E-state index is 11.1. The van der Waals surface area contributed by atoms with Gasteiger partial charge in [-0.2, -0.15) is 0 Å². The van der Waals surface area contributed by atoms with Crippen LogP contribution in [0.15, 0.2) is 18.2 Å². The molecule has 0 heterocycles. The van der Waals surface area contributed by atoms with E-state index in [-0.39, 0.29) is 16.1 Å². The Kier molecular flexibility index (Phi) is 2.81. The van der Waals surface area contributed by atoms with Crippen molar-refractivity contribution in [2.24, 2.45) is 5.92 Å². The van der Waals surface area contributed by atoms with E-state index in [0.29, 0.717) is 17.2 Å². The number of hydrogen-bond donors (Lipinski definition) is 1. The number of nitro groups is 1. The normalized spacial score (nSPS) is 15.7. The van der Waals surface area contributed by atoms with Crippen molar-refractivity contribution in [2.45, 2.75) is 39.2 Å². The summed E-state index contributed by atoms with van der Waals surface area (Å²) < 4.78 is 0. The van der Waals surface area contributed by atoms with Gasteiger partial charge in [0.05, 0.1) is 4.92 Å². The molecule has 0 unspecified atom stereocenters. The minimum Gasteiger partial charge on any atom is -0.374 e. The second-order valence-corrected chi connectivity index (χ2v) is 5.35. The fourth-order valence-corrected chi connectivity index (χ4v) is 2.26. The molecule has 1 N–H and O–H groups in total. The zero-order valence-corrected chi connectivity index (χ0v) is 10.5. The van der Waals surface area contributed by atoms with Gasteiger partial charge in [0.15, 0.2) is 0 Å². The Balaban J connectivity index is 2.32. The number of nitrogens with one attached hydrogen (secondary N) is 1. The average molecular weight is 234 g/mol. The van der Waals surface area contributed by atoms with Crippen molar-refractivity contribution in [3.8, 4) is 0 Å². The maximum Gasteiger partial charge on any atom is 0.295 e. The molecule has 0 spiro atoms. The molecule has 0 saturated heterocycles. The van der Waals surface area contributed by atoms with Crippen LogP contribution in [0.2, 0.25) is 0 Å². The molecule has 0 amide bonds. The Morgan fingerprint density at radius 2 is 2.06 bits per heavy atom. The lowest BCUT2D eigenvalue weighted by molar-refractivity contribution is -0.384. The smallest absolute Gasteiger partial charge is 0.295 e. The first-order valence-electron chi connectivity index (χ1n) is 5.94. The summed E-state index contributed by atoms with van der Waals surface area (Å²) in [5, 5.41) is 14.4. The Hall–Kier alpha value is -1.58. The first kappa shape index (κ1) is 11.9. The Morgan fingerprint density at radius 1 is 1.41 bits per heavy atom. The summed E-state index contributed by atoms with van der Waals surface area (Å²) >= 11 is 0. The molecule has 0 aromatic heterocycles. The quantitative estimate of drug-likeness (QED) is 0.640. The summed E-state index contributed by atoms with van der Waals surface area (Å²) in [7, 11) is 0. The van der Waals surface area contributed by atoms with Gasteiger partial charge in [0, 0.05) is 11.1 Å². The van der Waals surface area contributed by atoms with Gasteiger partial charge < -0.3 is 5.32 Å². The number of nitrogens with zero attached hydrogens (tertiary/aromatic N) is 1. The van der Waals surface area contributed by atoms with Crippen LogP contribution >= 0.6 is 0 Å². The third-order valence-corrected chi connectivity index (χ3v) is 3.48. The van der Waals surface area contributed by atoms with Gasteiger partial charge >= 0.3 is 0 Å². The highest BCUT2D eigenvalue weighted by Crippen LogP contribution is 2.42. The summed E-state index contributed by atoms with van der Waals surface area (Å²) in [5.74, 6) is 0.627. The number of para-hydroxylation sites is 1. The molecule has 1 saturated carbocycles. The van der Waals surface area contributed by atoms with Gasteiger partial charge in [0.2, 0.25) is 0 Å². The highest BCUT2D eigenvalue weighted by molar-refractivity contribution is 5.66. The lowest BCUT2D eigenvalue weighted by Gasteiger charge is -2.27. The van der Waals surface area contributed by atoms with Crippen molar-refractivity contribution in [1.82, 2.24) is 0 Å². The van der Waals surface area contributed by atoms with Gasteiger partial charge in [0.1, 0.15) is 5.69 Å². The molecule has 4 nitrogen and oxygen atoms in total. The van der Waals surface area contributed by atoms with E-state index in [1.54, 1.807) is 19.1 Å². The molecular weight excluding hydrogens is 216 g/mol. The topological polar surface area (TPSA) is 55.2 Å². The molecule has 2 rings (SSSR count). The molecule has 1 aliphatic rings. The van der Waals surface area contributed by atoms with Crippen molar-refractivity contribution < 1.29 is 4.92 Å². The van der Waals surface area contributed by atoms with Crippen molar-refractivity contribution in [2.75, 3.05) is 5.32 Å². The third-order valence-electron chi connectivity index (χ3n) is 3.48. The van der Waals surface area contributed by atoms with Crippen molar-refractivity contribution in [3.05, 3.63) is 33.9 Å². The molecule has 17 heavy (non-hydrogen) atoms. The van der Waals surface area contributed by atoms with E-state index in [9.17, 15) is 10.1 Å². The minimum absolute atomic E-state index is 0.0709. The van der Waals surface area contributed by atoms with E-state index >= 15 is 0 Å². The standard InChI is InChI=1S/C13H18N2O2/c1-9-5-4-6-11(12(9)15(16)17)14-13(2,3)10-7-8-10/h4-6,10,14H,7-8H2,1-3H3. The van der Waals surface area contributed by atoms with Crippen LogP contribution in [0, 0.1) is 23.0 Å². The zero-order chi connectivity index (χ0) is 12.6. The predicted molar refractivity (Wildman–Crippen MR) is 68.3 cm³/mol. The van der Waals surface area contributed by atoms with Gasteiger partial charge in [0.25, 0.3) is 5.69 Å². The molecular formula is C13H18N2O2. The molecule has 0 atom stereocenters. The van der Waals surface area contributed by atoms with Crippen LogP contribution < -0.4 is 5.32 Å². The van der Waals surface area contributed by atoms with E-state index in [0.717, 1.165) is 0 Å². The third kappa shape index (κ3) is 2.40. The Morgan fingerprint density at radius 3 is 2.59 bits per heavy atom. The van der Waals surface area contributed by atoms with E-state index in [2.05, 4.69) is 19.2 Å². The number of benzene rings is 1.